The van der Waals surface area contributed by atoms with Crippen LogP contribution >= 0.6 is 0 Å². The van der Waals surface area contributed by atoms with Gasteiger partial charge in [-0.3, -0.25) is 4.98 Å². The second-order valence-electron chi connectivity index (χ2n) is 5.26. The van der Waals surface area contributed by atoms with Gasteiger partial charge in [0.05, 0.1) is 6.61 Å². The molecule has 1 aliphatic heterocycles. The number of hydrogen-bond acceptors (Lipinski definition) is 3. The first-order valence-corrected chi connectivity index (χ1v) is 7.24. The van der Waals surface area contributed by atoms with Crippen LogP contribution in [-0.4, -0.2) is 11.6 Å². The monoisotopic (exact) mass is 295 g/mol. The molecule has 0 bridgehead atoms. The summed E-state index contributed by atoms with van der Waals surface area (Å²) in [5.74, 6) is 1.11. The number of rotatable bonds is 2. The van der Waals surface area contributed by atoms with Crippen LogP contribution in [0.15, 0.2) is 54.7 Å². The van der Waals surface area contributed by atoms with Crippen molar-refractivity contribution in [3.63, 3.8) is 0 Å². The van der Waals surface area contributed by atoms with E-state index in [-0.39, 0.29) is 11.9 Å². The maximum atomic E-state index is 13.5. The molecule has 0 fully saturated rings. The SMILES string of the molecule is Fc1ccc2c(c1)C(Oc1cccc3cccnc13)CCO2. The normalized spacial score (nSPS) is 16.9. The highest BCUT2D eigenvalue weighted by Crippen LogP contribution is 2.37. The second kappa shape index (κ2) is 5.30. The fourth-order valence-electron chi connectivity index (χ4n) is 2.78. The van der Waals surface area contributed by atoms with Gasteiger partial charge in [-0.2, -0.15) is 0 Å². The molecule has 1 unspecified atom stereocenters. The quantitative estimate of drug-likeness (QED) is 0.707. The first kappa shape index (κ1) is 13.1. The Morgan fingerprint density at radius 2 is 2.05 bits per heavy atom. The van der Waals surface area contributed by atoms with Crippen molar-refractivity contribution in [3.8, 4) is 11.5 Å². The molecule has 110 valence electrons. The van der Waals surface area contributed by atoms with Gasteiger partial charge < -0.3 is 9.47 Å². The zero-order valence-electron chi connectivity index (χ0n) is 11.8. The van der Waals surface area contributed by atoms with Crippen molar-refractivity contribution in [3.05, 3.63) is 66.1 Å². The number of ether oxygens (including phenoxy) is 2. The molecular weight excluding hydrogens is 281 g/mol. The molecule has 0 saturated heterocycles. The molecule has 0 N–H and O–H groups in total. The molecule has 0 spiro atoms. The molecule has 1 aliphatic rings. The summed E-state index contributed by atoms with van der Waals surface area (Å²) in [6.07, 6.45) is 2.19. The van der Waals surface area contributed by atoms with E-state index in [0.29, 0.717) is 24.5 Å². The van der Waals surface area contributed by atoms with E-state index in [2.05, 4.69) is 4.98 Å². The number of benzene rings is 2. The minimum atomic E-state index is -0.283. The fraction of sp³-hybridized carbons (Fsp3) is 0.167. The van der Waals surface area contributed by atoms with Gasteiger partial charge in [-0.25, -0.2) is 4.39 Å². The Kier molecular flexibility index (Phi) is 3.15. The van der Waals surface area contributed by atoms with E-state index in [1.807, 2.05) is 30.3 Å². The first-order valence-electron chi connectivity index (χ1n) is 7.24. The summed E-state index contributed by atoms with van der Waals surface area (Å²) in [7, 11) is 0. The van der Waals surface area contributed by atoms with Crippen molar-refractivity contribution in [1.82, 2.24) is 4.98 Å². The van der Waals surface area contributed by atoms with E-state index in [1.54, 1.807) is 12.3 Å². The standard InChI is InChI=1S/C18H14FNO2/c19-13-6-7-15-14(11-13)16(8-10-21-15)22-17-5-1-3-12-4-2-9-20-18(12)17/h1-7,9,11,16H,8,10H2. The largest absolute Gasteiger partial charge is 0.493 e. The Hall–Kier alpha value is -2.62. The molecule has 2 heterocycles. The molecule has 3 aromatic rings. The van der Waals surface area contributed by atoms with Crippen LogP contribution in [0.5, 0.6) is 11.5 Å². The minimum absolute atomic E-state index is 0.230. The van der Waals surface area contributed by atoms with Crippen LogP contribution in [0.1, 0.15) is 18.1 Å². The van der Waals surface area contributed by atoms with Crippen LogP contribution in [0.25, 0.3) is 10.9 Å². The topological polar surface area (TPSA) is 31.4 Å². The number of halogens is 1. The third-order valence-corrected chi connectivity index (χ3v) is 3.82. The Bertz CT molecular complexity index is 829. The van der Waals surface area contributed by atoms with Crippen molar-refractivity contribution < 1.29 is 13.9 Å². The number of pyridine rings is 1. The highest BCUT2D eigenvalue weighted by molar-refractivity contribution is 5.84. The molecule has 1 aromatic heterocycles. The van der Waals surface area contributed by atoms with E-state index in [1.165, 1.54) is 12.1 Å². The van der Waals surface area contributed by atoms with E-state index < -0.39 is 0 Å². The van der Waals surface area contributed by atoms with E-state index in [4.69, 9.17) is 9.47 Å². The van der Waals surface area contributed by atoms with Crippen molar-refractivity contribution in [2.75, 3.05) is 6.61 Å². The third kappa shape index (κ3) is 2.26. The van der Waals surface area contributed by atoms with Gasteiger partial charge in [-0.05, 0) is 30.3 Å². The average Bonchev–Trinajstić information content (AvgIpc) is 2.56. The minimum Gasteiger partial charge on any atom is -0.493 e. The third-order valence-electron chi connectivity index (χ3n) is 3.82. The molecule has 0 saturated carbocycles. The van der Waals surface area contributed by atoms with Gasteiger partial charge in [0.25, 0.3) is 0 Å². The van der Waals surface area contributed by atoms with E-state index >= 15 is 0 Å². The fourth-order valence-corrected chi connectivity index (χ4v) is 2.78. The van der Waals surface area contributed by atoms with Crippen LogP contribution in [0.4, 0.5) is 4.39 Å². The highest BCUT2D eigenvalue weighted by atomic mass is 19.1. The second-order valence-corrected chi connectivity index (χ2v) is 5.26. The summed E-state index contributed by atoms with van der Waals surface area (Å²) in [6.45, 7) is 0.557. The average molecular weight is 295 g/mol. The number of nitrogens with zero attached hydrogens (tertiary/aromatic N) is 1. The van der Waals surface area contributed by atoms with Crippen LogP contribution in [0, 0.1) is 5.82 Å². The molecular formula is C18H14FNO2. The van der Waals surface area contributed by atoms with Gasteiger partial charge in [-0.15, -0.1) is 0 Å². The lowest BCUT2D eigenvalue weighted by atomic mass is 10.0. The molecule has 2 aromatic carbocycles. The molecule has 0 radical (unpaired) electrons. The lowest BCUT2D eigenvalue weighted by molar-refractivity contribution is 0.137. The predicted molar refractivity (Wildman–Crippen MR) is 81.6 cm³/mol. The Morgan fingerprint density at radius 3 is 3.00 bits per heavy atom. The summed E-state index contributed by atoms with van der Waals surface area (Å²) in [5.41, 5.74) is 1.56. The molecule has 4 heteroatoms. The molecule has 22 heavy (non-hydrogen) atoms. The van der Waals surface area contributed by atoms with Crippen LogP contribution in [0.2, 0.25) is 0 Å². The molecule has 0 amide bonds. The highest BCUT2D eigenvalue weighted by Gasteiger charge is 2.24. The molecule has 4 rings (SSSR count). The molecule has 1 atom stereocenters. The summed E-state index contributed by atoms with van der Waals surface area (Å²) in [5, 5.41) is 1.02. The Labute approximate surface area is 127 Å². The number of fused-ring (bicyclic) bond motifs is 2. The van der Waals surface area contributed by atoms with Gasteiger partial charge in [0, 0.05) is 23.6 Å². The zero-order valence-corrected chi connectivity index (χ0v) is 11.8. The first-order chi connectivity index (χ1) is 10.8. The zero-order chi connectivity index (χ0) is 14.9. The lowest BCUT2D eigenvalue weighted by Crippen LogP contribution is -2.19. The Balaban J connectivity index is 1.74. The van der Waals surface area contributed by atoms with Crippen molar-refractivity contribution >= 4 is 10.9 Å². The summed E-state index contributed by atoms with van der Waals surface area (Å²) in [6, 6.07) is 14.2. The Morgan fingerprint density at radius 1 is 1.14 bits per heavy atom. The predicted octanol–water partition coefficient (Wildman–Crippen LogP) is 4.28. The number of para-hydroxylation sites is 1. The molecule has 0 aliphatic carbocycles. The summed E-state index contributed by atoms with van der Waals surface area (Å²) >= 11 is 0. The van der Waals surface area contributed by atoms with Gasteiger partial charge in [0.1, 0.15) is 28.9 Å². The summed E-state index contributed by atoms with van der Waals surface area (Å²) in [4.78, 5) is 4.39. The van der Waals surface area contributed by atoms with Crippen LogP contribution < -0.4 is 9.47 Å². The van der Waals surface area contributed by atoms with E-state index in [9.17, 15) is 4.39 Å². The smallest absolute Gasteiger partial charge is 0.146 e. The number of aromatic nitrogens is 1. The molecule has 3 nitrogen and oxygen atoms in total. The van der Waals surface area contributed by atoms with Crippen molar-refractivity contribution in [2.24, 2.45) is 0 Å². The van der Waals surface area contributed by atoms with Crippen molar-refractivity contribution in [2.45, 2.75) is 12.5 Å². The van der Waals surface area contributed by atoms with Crippen LogP contribution in [-0.2, 0) is 0 Å². The van der Waals surface area contributed by atoms with E-state index in [0.717, 1.165) is 16.5 Å². The maximum absolute atomic E-state index is 13.5. The summed E-state index contributed by atoms with van der Waals surface area (Å²) < 4.78 is 25.2. The lowest BCUT2D eigenvalue weighted by Gasteiger charge is -2.27. The maximum Gasteiger partial charge on any atom is 0.146 e. The number of hydrogen-bond donors (Lipinski definition) is 0. The van der Waals surface area contributed by atoms with Gasteiger partial charge in [0.15, 0.2) is 0 Å². The van der Waals surface area contributed by atoms with Gasteiger partial charge in [0.2, 0.25) is 0 Å². The van der Waals surface area contributed by atoms with Gasteiger partial charge in [-0.1, -0.05) is 18.2 Å². The van der Waals surface area contributed by atoms with Crippen molar-refractivity contribution in [1.29, 1.82) is 0 Å². The van der Waals surface area contributed by atoms with Crippen LogP contribution in [0.3, 0.4) is 0 Å². The van der Waals surface area contributed by atoms with Gasteiger partial charge >= 0.3 is 0 Å².